The Morgan fingerprint density at radius 3 is 2.47 bits per heavy atom. The molecule has 0 aromatic carbocycles. The summed E-state index contributed by atoms with van der Waals surface area (Å²) in [5.41, 5.74) is -0.165. The Balaban J connectivity index is 0.00000316. The SMILES string of the molecule is C/C=N\c1c(C)c(=O)n(CCCCC(C)O)c(=O)n1CCCCCCNC(=O)CCCCC1SCC2NC(=O)NC21.CC. The van der Waals surface area contributed by atoms with E-state index < -0.39 is 6.10 Å². The van der Waals surface area contributed by atoms with Gasteiger partial charge in [0.1, 0.15) is 5.82 Å². The summed E-state index contributed by atoms with van der Waals surface area (Å²) in [7, 11) is 0. The quantitative estimate of drug-likeness (QED) is 0.111. The first-order chi connectivity index (χ1) is 20.7. The summed E-state index contributed by atoms with van der Waals surface area (Å²) in [5, 5.41) is 18.9. The molecular formula is C31H54N6O5S. The molecule has 1 aromatic heterocycles. The predicted molar refractivity (Wildman–Crippen MR) is 176 cm³/mol. The number of aliphatic imine (C=N–C) groups is 1. The maximum Gasteiger partial charge on any atom is 0.332 e. The number of thioether (sulfide) groups is 1. The van der Waals surface area contributed by atoms with E-state index in [0.29, 0.717) is 55.5 Å². The van der Waals surface area contributed by atoms with Crippen LogP contribution in [0.4, 0.5) is 10.6 Å². The monoisotopic (exact) mass is 622 g/mol. The van der Waals surface area contributed by atoms with Crippen LogP contribution >= 0.6 is 11.8 Å². The average Bonchev–Trinajstić information content (AvgIpc) is 3.54. The van der Waals surface area contributed by atoms with E-state index in [9.17, 15) is 24.3 Å². The van der Waals surface area contributed by atoms with Gasteiger partial charge in [-0.3, -0.25) is 18.7 Å². The summed E-state index contributed by atoms with van der Waals surface area (Å²) in [6.07, 6.45) is 10.1. The van der Waals surface area contributed by atoms with Gasteiger partial charge >= 0.3 is 11.7 Å². The molecule has 0 aliphatic carbocycles. The molecule has 2 saturated heterocycles. The number of carbonyl (C=O) groups excluding carboxylic acids is 2. The molecule has 4 unspecified atom stereocenters. The van der Waals surface area contributed by atoms with Gasteiger partial charge in [0.25, 0.3) is 5.56 Å². The Hall–Kier alpha value is -2.60. The van der Waals surface area contributed by atoms with Gasteiger partial charge in [-0.15, -0.1) is 0 Å². The van der Waals surface area contributed by atoms with Gasteiger partial charge in [-0.1, -0.05) is 33.1 Å². The van der Waals surface area contributed by atoms with Gasteiger partial charge in [0, 0.05) is 43.3 Å². The molecule has 43 heavy (non-hydrogen) atoms. The molecule has 2 aliphatic rings. The zero-order valence-electron chi connectivity index (χ0n) is 26.8. The van der Waals surface area contributed by atoms with Crippen LogP contribution in [0.2, 0.25) is 0 Å². The Bertz CT molecular complexity index is 1160. The molecule has 12 heteroatoms. The number of rotatable bonds is 18. The highest BCUT2D eigenvalue weighted by Gasteiger charge is 2.42. The average molecular weight is 623 g/mol. The van der Waals surface area contributed by atoms with Crippen LogP contribution in [-0.4, -0.2) is 68.1 Å². The van der Waals surface area contributed by atoms with Crippen LogP contribution in [0.25, 0.3) is 0 Å². The molecule has 1 aromatic rings. The van der Waals surface area contributed by atoms with Gasteiger partial charge in [0.15, 0.2) is 0 Å². The van der Waals surface area contributed by atoms with Gasteiger partial charge in [0.05, 0.1) is 23.8 Å². The van der Waals surface area contributed by atoms with Crippen molar-refractivity contribution >= 4 is 35.7 Å². The fourth-order valence-corrected chi connectivity index (χ4v) is 7.10. The molecule has 0 saturated carbocycles. The molecule has 0 bridgehead atoms. The lowest BCUT2D eigenvalue weighted by molar-refractivity contribution is -0.121. The minimum atomic E-state index is -0.393. The van der Waals surface area contributed by atoms with Crippen LogP contribution in [0.3, 0.4) is 0 Å². The number of nitrogens with zero attached hydrogens (tertiary/aromatic N) is 3. The number of fused-ring (bicyclic) bond motifs is 1. The molecular weight excluding hydrogens is 568 g/mol. The highest BCUT2D eigenvalue weighted by Crippen LogP contribution is 2.33. The second-order valence-electron chi connectivity index (χ2n) is 11.2. The van der Waals surface area contributed by atoms with E-state index in [4.69, 9.17) is 0 Å². The molecule has 244 valence electrons. The van der Waals surface area contributed by atoms with Gasteiger partial charge < -0.3 is 21.1 Å². The number of hydrogen-bond donors (Lipinski definition) is 4. The van der Waals surface area contributed by atoms with Gasteiger partial charge in [0.2, 0.25) is 5.91 Å². The molecule has 3 rings (SSSR count). The van der Waals surface area contributed by atoms with Crippen LogP contribution in [0.15, 0.2) is 14.6 Å². The Kier molecular flexibility index (Phi) is 16.7. The molecule has 3 heterocycles. The fourth-order valence-electron chi connectivity index (χ4n) is 5.56. The number of hydrogen-bond acceptors (Lipinski definition) is 7. The molecule has 2 aliphatic heterocycles. The van der Waals surface area contributed by atoms with Crippen molar-refractivity contribution in [1.29, 1.82) is 0 Å². The number of unbranched alkanes of at least 4 members (excludes halogenated alkanes) is 5. The first kappa shape index (κ1) is 36.6. The minimum absolute atomic E-state index is 0.0638. The van der Waals surface area contributed by atoms with E-state index in [-0.39, 0.29) is 35.3 Å². The summed E-state index contributed by atoms with van der Waals surface area (Å²) < 4.78 is 2.91. The predicted octanol–water partition coefficient (Wildman–Crippen LogP) is 4.02. The number of carbonyl (C=O) groups is 2. The van der Waals surface area contributed by atoms with E-state index in [0.717, 1.165) is 57.1 Å². The Morgan fingerprint density at radius 1 is 1.05 bits per heavy atom. The second-order valence-corrected chi connectivity index (χ2v) is 12.5. The van der Waals surface area contributed by atoms with Gasteiger partial charge in [-0.2, -0.15) is 11.8 Å². The smallest absolute Gasteiger partial charge is 0.332 e. The maximum absolute atomic E-state index is 13.2. The lowest BCUT2D eigenvalue weighted by Gasteiger charge is -2.16. The van der Waals surface area contributed by atoms with Crippen LogP contribution in [-0.2, 0) is 17.9 Å². The van der Waals surface area contributed by atoms with E-state index in [1.54, 1.807) is 31.6 Å². The molecule has 4 N–H and O–H groups in total. The van der Waals surface area contributed by atoms with Crippen molar-refractivity contribution in [3.05, 3.63) is 26.4 Å². The van der Waals surface area contributed by atoms with Crippen molar-refractivity contribution in [3.8, 4) is 0 Å². The summed E-state index contributed by atoms with van der Waals surface area (Å²) in [6, 6.07) is 0.392. The number of urea groups is 1. The highest BCUT2D eigenvalue weighted by molar-refractivity contribution is 8.00. The largest absolute Gasteiger partial charge is 0.393 e. The highest BCUT2D eigenvalue weighted by atomic mass is 32.2. The van der Waals surface area contributed by atoms with Crippen LogP contribution in [0.1, 0.15) is 104 Å². The first-order valence-corrected chi connectivity index (χ1v) is 17.2. The lowest BCUT2D eigenvalue weighted by atomic mass is 10.0. The summed E-state index contributed by atoms with van der Waals surface area (Å²) in [4.78, 5) is 54.1. The van der Waals surface area contributed by atoms with Gasteiger partial charge in [-0.25, -0.2) is 14.6 Å². The van der Waals surface area contributed by atoms with Crippen molar-refractivity contribution < 1.29 is 14.7 Å². The van der Waals surface area contributed by atoms with Crippen LogP contribution in [0, 0.1) is 6.92 Å². The number of aliphatic hydroxyl groups is 1. The Labute approximate surface area is 260 Å². The third-order valence-electron chi connectivity index (χ3n) is 7.84. The second kappa shape index (κ2) is 19.6. The van der Waals surface area contributed by atoms with E-state index in [1.165, 1.54) is 4.57 Å². The summed E-state index contributed by atoms with van der Waals surface area (Å²) in [5.74, 6) is 1.46. The standard InChI is InChI=1S/C29H48N6O5S.C2H6/c1-4-30-26-21(3)27(38)35(18-12-9-13-20(2)36)29(40)34(26)17-11-6-5-10-16-31-24(37)15-8-7-14-23-25-22(19-41-23)32-28(39)33-25;1-2/h4,20,22-23,25,36H,5-19H2,1-3H3,(H,31,37)(H2,32,33,39);1-2H3/b30-4-;. The van der Waals surface area contributed by atoms with Crippen LogP contribution < -0.4 is 27.2 Å². The number of nitrogens with one attached hydrogen (secondary N) is 3. The molecule has 2 fully saturated rings. The molecule has 3 amide bonds. The van der Waals surface area contributed by atoms with E-state index in [1.807, 2.05) is 25.6 Å². The molecule has 0 radical (unpaired) electrons. The zero-order valence-corrected chi connectivity index (χ0v) is 27.6. The normalized spacial score (nSPS) is 19.9. The first-order valence-electron chi connectivity index (χ1n) is 16.2. The van der Waals surface area contributed by atoms with Crippen molar-refractivity contribution in [2.75, 3.05) is 12.3 Å². The van der Waals surface area contributed by atoms with Crippen LogP contribution in [0.5, 0.6) is 0 Å². The minimum Gasteiger partial charge on any atom is -0.393 e. The van der Waals surface area contributed by atoms with Crippen molar-refractivity contribution in [3.63, 3.8) is 0 Å². The van der Waals surface area contributed by atoms with Crippen molar-refractivity contribution in [2.24, 2.45) is 4.99 Å². The third kappa shape index (κ3) is 11.4. The third-order valence-corrected chi connectivity index (χ3v) is 9.34. The van der Waals surface area contributed by atoms with E-state index in [2.05, 4.69) is 20.9 Å². The number of aromatic nitrogens is 2. The summed E-state index contributed by atoms with van der Waals surface area (Å²) in [6.45, 7) is 10.7. The maximum atomic E-state index is 13.2. The van der Waals surface area contributed by atoms with Crippen molar-refractivity contribution in [1.82, 2.24) is 25.1 Å². The molecule has 11 nitrogen and oxygen atoms in total. The Morgan fingerprint density at radius 2 is 1.74 bits per heavy atom. The van der Waals surface area contributed by atoms with E-state index >= 15 is 0 Å². The molecule has 4 atom stereocenters. The van der Waals surface area contributed by atoms with Crippen molar-refractivity contribution in [2.45, 2.75) is 142 Å². The molecule has 0 spiro atoms. The zero-order chi connectivity index (χ0) is 31.8. The lowest BCUT2D eigenvalue weighted by Crippen LogP contribution is -2.41. The number of aliphatic hydroxyl groups excluding tert-OH is 1. The van der Waals surface area contributed by atoms with Gasteiger partial charge in [-0.05, 0) is 65.7 Å². The topological polar surface area (TPSA) is 147 Å². The fraction of sp³-hybridized carbons (Fsp3) is 0.774. The summed E-state index contributed by atoms with van der Waals surface area (Å²) >= 11 is 1.90. The number of amides is 3.